The van der Waals surface area contributed by atoms with Gasteiger partial charge >= 0.3 is 0 Å². The summed E-state index contributed by atoms with van der Waals surface area (Å²) >= 11 is 0. The quantitative estimate of drug-likeness (QED) is 0.870. The molecule has 1 aliphatic rings. The van der Waals surface area contributed by atoms with E-state index in [1.165, 1.54) is 0 Å². The Balaban J connectivity index is 2.19. The number of hydrogen-bond donors (Lipinski definition) is 2. The molecule has 5 nitrogen and oxygen atoms in total. The summed E-state index contributed by atoms with van der Waals surface area (Å²) in [6.07, 6.45) is 0.830. The number of nitrogen functional groups attached to an aromatic ring is 1. The monoisotopic (exact) mass is 263 g/mol. The molecule has 1 amide bonds. The molecule has 0 spiro atoms. The van der Waals surface area contributed by atoms with Crippen molar-refractivity contribution in [2.24, 2.45) is 0 Å². The smallest absolute Gasteiger partial charge is 0.251 e. The van der Waals surface area contributed by atoms with Gasteiger partial charge < -0.3 is 15.8 Å². The third-order valence-corrected chi connectivity index (χ3v) is 3.35. The molecule has 2 heterocycles. The van der Waals surface area contributed by atoms with Gasteiger partial charge in [-0.25, -0.2) is 4.98 Å². The number of ether oxygens (including phenoxy) is 1. The summed E-state index contributed by atoms with van der Waals surface area (Å²) in [7, 11) is 0. The SMILES string of the molecule is CC(C)c1cc(C(=O)NC2(C)CCOC2)cc(N)n1. The van der Waals surface area contributed by atoms with E-state index in [1.807, 2.05) is 20.8 Å². The second-order valence-electron chi connectivity index (χ2n) is 5.68. The summed E-state index contributed by atoms with van der Waals surface area (Å²) in [4.78, 5) is 16.5. The van der Waals surface area contributed by atoms with Crippen molar-refractivity contribution in [2.45, 2.75) is 38.6 Å². The van der Waals surface area contributed by atoms with Crippen molar-refractivity contribution in [2.75, 3.05) is 18.9 Å². The fourth-order valence-corrected chi connectivity index (χ4v) is 2.11. The standard InChI is InChI=1S/C14H21N3O2/c1-9(2)11-6-10(7-12(15)16-11)13(18)17-14(3)4-5-19-8-14/h6-7,9H,4-5,8H2,1-3H3,(H2,15,16)(H,17,18). The Bertz CT molecular complexity index is 480. The van der Waals surface area contributed by atoms with Gasteiger partial charge in [0.15, 0.2) is 0 Å². The van der Waals surface area contributed by atoms with Gasteiger partial charge in [0.25, 0.3) is 5.91 Å². The minimum absolute atomic E-state index is 0.121. The van der Waals surface area contributed by atoms with Crippen molar-refractivity contribution < 1.29 is 9.53 Å². The number of amides is 1. The zero-order valence-electron chi connectivity index (χ0n) is 11.7. The number of nitrogens with one attached hydrogen (secondary N) is 1. The van der Waals surface area contributed by atoms with Gasteiger partial charge in [0.1, 0.15) is 5.82 Å². The normalized spacial score (nSPS) is 22.7. The van der Waals surface area contributed by atoms with Gasteiger partial charge in [0, 0.05) is 17.9 Å². The van der Waals surface area contributed by atoms with Crippen molar-refractivity contribution in [3.8, 4) is 0 Å². The third kappa shape index (κ3) is 3.23. The Hall–Kier alpha value is -1.62. The van der Waals surface area contributed by atoms with Crippen LogP contribution in [0.15, 0.2) is 12.1 Å². The van der Waals surface area contributed by atoms with E-state index < -0.39 is 0 Å². The molecule has 0 radical (unpaired) electrons. The van der Waals surface area contributed by atoms with Crippen LogP contribution < -0.4 is 11.1 Å². The summed E-state index contributed by atoms with van der Waals surface area (Å²) in [6.45, 7) is 7.28. The average molecular weight is 263 g/mol. The van der Waals surface area contributed by atoms with Crippen molar-refractivity contribution >= 4 is 11.7 Å². The highest BCUT2D eigenvalue weighted by atomic mass is 16.5. The molecule has 19 heavy (non-hydrogen) atoms. The molecule has 2 rings (SSSR count). The maximum atomic E-state index is 12.3. The van der Waals surface area contributed by atoms with E-state index in [9.17, 15) is 4.79 Å². The van der Waals surface area contributed by atoms with Crippen LogP contribution in [0.4, 0.5) is 5.82 Å². The first-order chi connectivity index (χ1) is 8.89. The molecule has 1 fully saturated rings. The van der Waals surface area contributed by atoms with Gasteiger partial charge in [0.2, 0.25) is 0 Å². The Morgan fingerprint density at radius 2 is 2.26 bits per heavy atom. The molecule has 1 aliphatic heterocycles. The number of carbonyl (C=O) groups excluding carboxylic acids is 1. The number of carbonyl (C=O) groups is 1. The van der Waals surface area contributed by atoms with Crippen LogP contribution in [-0.2, 0) is 4.74 Å². The van der Waals surface area contributed by atoms with E-state index in [4.69, 9.17) is 10.5 Å². The van der Waals surface area contributed by atoms with Gasteiger partial charge in [-0.3, -0.25) is 4.79 Å². The summed E-state index contributed by atoms with van der Waals surface area (Å²) in [5, 5.41) is 3.02. The fourth-order valence-electron chi connectivity index (χ4n) is 2.11. The molecule has 1 aromatic heterocycles. The highest BCUT2D eigenvalue weighted by Gasteiger charge is 2.31. The summed E-state index contributed by atoms with van der Waals surface area (Å²) in [5.41, 5.74) is 6.87. The highest BCUT2D eigenvalue weighted by molar-refractivity contribution is 5.95. The van der Waals surface area contributed by atoms with Gasteiger partial charge in [0.05, 0.1) is 12.1 Å². The van der Waals surface area contributed by atoms with E-state index in [-0.39, 0.29) is 17.4 Å². The lowest BCUT2D eigenvalue weighted by Gasteiger charge is -2.23. The Morgan fingerprint density at radius 1 is 1.53 bits per heavy atom. The lowest BCUT2D eigenvalue weighted by molar-refractivity contribution is 0.0889. The predicted octanol–water partition coefficient (Wildman–Crippen LogP) is 1.70. The summed E-state index contributed by atoms with van der Waals surface area (Å²) in [6, 6.07) is 3.41. The minimum atomic E-state index is -0.285. The molecular weight excluding hydrogens is 242 g/mol. The molecule has 5 heteroatoms. The largest absolute Gasteiger partial charge is 0.384 e. The number of nitrogens with two attached hydrogens (primary N) is 1. The van der Waals surface area contributed by atoms with E-state index in [1.54, 1.807) is 12.1 Å². The number of pyridine rings is 1. The van der Waals surface area contributed by atoms with E-state index in [2.05, 4.69) is 10.3 Å². The van der Waals surface area contributed by atoms with Crippen molar-refractivity contribution in [1.82, 2.24) is 10.3 Å². The molecule has 1 atom stereocenters. The molecule has 1 unspecified atom stereocenters. The van der Waals surface area contributed by atoms with E-state index in [0.29, 0.717) is 24.6 Å². The fraction of sp³-hybridized carbons (Fsp3) is 0.571. The zero-order chi connectivity index (χ0) is 14.0. The minimum Gasteiger partial charge on any atom is -0.384 e. The lowest BCUT2D eigenvalue weighted by atomic mass is 10.0. The molecule has 0 aliphatic carbocycles. The Kier molecular flexibility index (Phi) is 3.75. The van der Waals surface area contributed by atoms with Crippen LogP contribution in [0.1, 0.15) is 49.2 Å². The average Bonchev–Trinajstić information content (AvgIpc) is 2.74. The molecular formula is C14H21N3O2. The van der Waals surface area contributed by atoms with Crippen LogP contribution in [-0.4, -0.2) is 29.6 Å². The topological polar surface area (TPSA) is 77.2 Å². The maximum Gasteiger partial charge on any atom is 0.251 e. The van der Waals surface area contributed by atoms with Crippen LogP contribution in [0.3, 0.4) is 0 Å². The van der Waals surface area contributed by atoms with Crippen LogP contribution in [0, 0.1) is 0 Å². The first-order valence-electron chi connectivity index (χ1n) is 6.57. The van der Waals surface area contributed by atoms with Gasteiger partial charge in [-0.05, 0) is 31.4 Å². The van der Waals surface area contributed by atoms with Gasteiger partial charge in [-0.2, -0.15) is 0 Å². The molecule has 0 saturated carbocycles. The van der Waals surface area contributed by atoms with E-state index in [0.717, 1.165) is 12.1 Å². The highest BCUT2D eigenvalue weighted by Crippen LogP contribution is 2.20. The molecule has 0 bridgehead atoms. The second-order valence-corrected chi connectivity index (χ2v) is 5.68. The van der Waals surface area contributed by atoms with Crippen LogP contribution in [0.2, 0.25) is 0 Å². The van der Waals surface area contributed by atoms with Crippen LogP contribution in [0.25, 0.3) is 0 Å². The first-order valence-corrected chi connectivity index (χ1v) is 6.57. The second kappa shape index (κ2) is 5.17. The number of nitrogens with zero attached hydrogens (tertiary/aromatic N) is 1. The number of hydrogen-bond acceptors (Lipinski definition) is 4. The Morgan fingerprint density at radius 3 is 2.84 bits per heavy atom. The van der Waals surface area contributed by atoms with Crippen LogP contribution >= 0.6 is 0 Å². The third-order valence-electron chi connectivity index (χ3n) is 3.35. The maximum absolute atomic E-state index is 12.3. The lowest BCUT2D eigenvalue weighted by Crippen LogP contribution is -2.46. The predicted molar refractivity (Wildman–Crippen MR) is 74.0 cm³/mol. The number of aromatic nitrogens is 1. The molecule has 104 valence electrons. The molecule has 1 saturated heterocycles. The molecule has 3 N–H and O–H groups in total. The summed E-state index contributed by atoms with van der Waals surface area (Å²) in [5.74, 6) is 0.494. The van der Waals surface area contributed by atoms with Crippen LogP contribution in [0.5, 0.6) is 0 Å². The molecule has 1 aromatic rings. The zero-order valence-corrected chi connectivity index (χ0v) is 11.7. The number of anilines is 1. The van der Waals surface area contributed by atoms with Gasteiger partial charge in [-0.1, -0.05) is 13.8 Å². The van der Waals surface area contributed by atoms with E-state index >= 15 is 0 Å². The van der Waals surface area contributed by atoms with Crippen molar-refractivity contribution in [3.63, 3.8) is 0 Å². The Labute approximate surface area is 113 Å². The van der Waals surface area contributed by atoms with Crippen molar-refractivity contribution in [3.05, 3.63) is 23.4 Å². The van der Waals surface area contributed by atoms with Gasteiger partial charge in [-0.15, -0.1) is 0 Å². The number of rotatable bonds is 3. The van der Waals surface area contributed by atoms with Crippen molar-refractivity contribution in [1.29, 1.82) is 0 Å². The molecule has 0 aromatic carbocycles. The summed E-state index contributed by atoms with van der Waals surface area (Å²) < 4.78 is 5.33. The first kappa shape index (κ1) is 13.8.